The van der Waals surface area contributed by atoms with Crippen molar-refractivity contribution in [2.45, 2.75) is 32.6 Å². The first-order chi connectivity index (χ1) is 7.72. The SMILES string of the molecule is CCc1ccc2c3c1ccn3C(=O)CC2C. The molecular weight excluding hydrogens is 198 g/mol. The maximum atomic E-state index is 11.9. The van der Waals surface area contributed by atoms with Crippen molar-refractivity contribution < 1.29 is 4.79 Å². The summed E-state index contributed by atoms with van der Waals surface area (Å²) < 4.78 is 1.82. The minimum atomic E-state index is 0.225. The van der Waals surface area contributed by atoms with E-state index in [-0.39, 0.29) is 5.91 Å². The number of aryl methyl sites for hydroxylation is 1. The molecule has 16 heavy (non-hydrogen) atoms. The minimum Gasteiger partial charge on any atom is -0.287 e. The third kappa shape index (κ3) is 1.10. The average molecular weight is 213 g/mol. The monoisotopic (exact) mass is 213 g/mol. The molecule has 0 saturated heterocycles. The average Bonchev–Trinajstić information content (AvgIpc) is 2.71. The van der Waals surface area contributed by atoms with Crippen LogP contribution < -0.4 is 0 Å². The second-order valence-electron chi connectivity index (χ2n) is 4.61. The Balaban J connectivity index is 2.43. The molecule has 0 radical (unpaired) electrons. The Labute approximate surface area is 94.9 Å². The van der Waals surface area contributed by atoms with Gasteiger partial charge in [0.1, 0.15) is 0 Å². The molecule has 2 aromatic rings. The summed E-state index contributed by atoms with van der Waals surface area (Å²) in [7, 11) is 0. The summed E-state index contributed by atoms with van der Waals surface area (Å²) in [6, 6.07) is 6.47. The smallest absolute Gasteiger partial charge is 0.231 e. The number of carbonyl (C=O) groups is 1. The first kappa shape index (κ1) is 9.64. The zero-order chi connectivity index (χ0) is 11.3. The Hall–Kier alpha value is -1.57. The van der Waals surface area contributed by atoms with E-state index < -0.39 is 0 Å². The number of benzene rings is 1. The topological polar surface area (TPSA) is 22.0 Å². The highest BCUT2D eigenvalue weighted by Gasteiger charge is 2.24. The van der Waals surface area contributed by atoms with Gasteiger partial charge in [0.2, 0.25) is 5.91 Å². The van der Waals surface area contributed by atoms with Gasteiger partial charge in [-0.05, 0) is 29.5 Å². The molecule has 1 atom stereocenters. The van der Waals surface area contributed by atoms with Crippen LogP contribution in [0.25, 0.3) is 10.9 Å². The maximum absolute atomic E-state index is 11.9. The molecule has 1 aromatic heterocycles. The number of aromatic nitrogens is 1. The molecule has 82 valence electrons. The van der Waals surface area contributed by atoms with E-state index in [0.717, 1.165) is 11.9 Å². The van der Waals surface area contributed by atoms with Crippen molar-refractivity contribution in [3.63, 3.8) is 0 Å². The van der Waals surface area contributed by atoms with Crippen molar-refractivity contribution >= 4 is 16.8 Å². The second-order valence-corrected chi connectivity index (χ2v) is 4.61. The van der Waals surface area contributed by atoms with Crippen molar-refractivity contribution in [3.05, 3.63) is 35.5 Å². The summed E-state index contributed by atoms with van der Waals surface area (Å²) in [5, 5.41) is 1.25. The number of nitrogens with zero attached hydrogens (tertiary/aromatic N) is 1. The van der Waals surface area contributed by atoms with Crippen LogP contribution in [0, 0.1) is 0 Å². The Morgan fingerprint density at radius 2 is 2.19 bits per heavy atom. The fourth-order valence-corrected chi connectivity index (χ4v) is 2.73. The highest BCUT2D eigenvalue weighted by molar-refractivity contribution is 5.98. The zero-order valence-corrected chi connectivity index (χ0v) is 9.66. The van der Waals surface area contributed by atoms with E-state index in [2.05, 4.69) is 32.0 Å². The summed E-state index contributed by atoms with van der Waals surface area (Å²) in [4.78, 5) is 11.9. The lowest BCUT2D eigenvalue weighted by atomic mass is 9.91. The zero-order valence-electron chi connectivity index (χ0n) is 9.66. The van der Waals surface area contributed by atoms with Crippen molar-refractivity contribution in [1.29, 1.82) is 0 Å². The molecule has 0 bridgehead atoms. The molecule has 1 aromatic carbocycles. The van der Waals surface area contributed by atoms with Gasteiger partial charge in [0.05, 0.1) is 5.52 Å². The summed E-state index contributed by atoms with van der Waals surface area (Å²) in [6.45, 7) is 4.29. The van der Waals surface area contributed by atoms with Crippen LogP contribution in [0.5, 0.6) is 0 Å². The first-order valence-corrected chi connectivity index (χ1v) is 5.88. The predicted octanol–water partition coefficient (Wildman–Crippen LogP) is 3.35. The lowest BCUT2D eigenvalue weighted by Crippen LogP contribution is -2.18. The summed E-state index contributed by atoms with van der Waals surface area (Å²) in [5.41, 5.74) is 3.79. The third-order valence-corrected chi connectivity index (χ3v) is 3.63. The second kappa shape index (κ2) is 3.21. The summed E-state index contributed by atoms with van der Waals surface area (Å²) in [6.07, 6.45) is 3.56. The van der Waals surface area contributed by atoms with Gasteiger partial charge in [-0.25, -0.2) is 0 Å². The number of hydrogen-bond donors (Lipinski definition) is 0. The molecular formula is C14H15NO. The lowest BCUT2D eigenvalue weighted by molar-refractivity contribution is 0.0894. The molecule has 0 amide bonds. The summed E-state index contributed by atoms with van der Waals surface area (Å²) in [5.74, 6) is 0.576. The fourth-order valence-electron chi connectivity index (χ4n) is 2.73. The van der Waals surface area contributed by atoms with E-state index in [1.165, 1.54) is 16.5 Å². The van der Waals surface area contributed by atoms with E-state index in [4.69, 9.17) is 0 Å². The van der Waals surface area contributed by atoms with Gasteiger partial charge in [0, 0.05) is 18.0 Å². The molecule has 0 fully saturated rings. The van der Waals surface area contributed by atoms with Crippen LogP contribution in [-0.2, 0) is 6.42 Å². The first-order valence-electron chi connectivity index (χ1n) is 5.88. The largest absolute Gasteiger partial charge is 0.287 e. The molecule has 1 aliphatic rings. The molecule has 2 heteroatoms. The van der Waals surface area contributed by atoms with Gasteiger partial charge in [-0.3, -0.25) is 9.36 Å². The van der Waals surface area contributed by atoms with Crippen molar-refractivity contribution in [2.75, 3.05) is 0 Å². The molecule has 1 unspecified atom stereocenters. The highest BCUT2D eigenvalue weighted by atomic mass is 16.2. The van der Waals surface area contributed by atoms with Crippen LogP contribution in [0.1, 0.15) is 42.1 Å². The van der Waals surface area contributed by atoms with Crippen LogP contribution in [0.2, 0.25) is 0 Å². The highest BCUT2D eigenvalue weighted by Crippen LogP contribution is 2.35. The Morgan fingerprint density at radius 3 is 2.94 bits per heavy atom. The van der Waals surface area contributed by atoms with Crippen molar-refractivity contribution in [2.24, 2.45) is 0 Å². The molecule has 1 aliphatic heterocycles. The standard InChI is InChI=1S/C14H15NO/c1-3-10-4-5-11-9(2)8-13(16)15-7-6-12(10)14(11)15/h4-7,9H,3,8H2,1-2H3. The van der Waals surface area contributed by atoms with Crippen LogP contribution >= 0.6 is 0 Å². The molecule has 0 saturated carbocycles. The number of rotatable bonds is 1. The van der Waals surface area contributed by atoms with Crippen molar-refractivity contribution in [1.82, 2.24) is 4.57 Å². The van der Waals surface area contributed by atoms with Gasteiger partial charge in [0.15, 0.2) is 0 Å². The van der Waals surface area contributed by atoms with Crippen LogP contribution in [-0.4, -0.2) is 10.5 Å². The molecule has 0 N–H and O–H groups in total. The quantitative estimate of drug-likeness (QED) is 0.712. The molecule has 2 heterocycles. The van der Waals surface area contributed by atoms with Gasteiger partial charge >= 0.3 is 0 Å². The van der Waals surface area contributed by atoms with E-state index in [1.54, 1.807) is 0 Å². The Kier molecular flexibility index (Phi) is 1.93. The van der Waals surface area contributed by atoms with Gasteiger partial charge in [-0.15, -0.1) is 0 Å². The van der Waals surface area contributed by atoms with Gasteiger partial charge in [0.25, 0.3) is 0 Å². The minimum absolute atomic E-state index is 0.225. The lowest BCUT2D eigenvalue weighted by Gasteiger charge is -2.21. The number of carbonyl (C=O) groups excluding carboxylic acids is 1. The van der Waals surface area contributed by atoms with Crippen LogP contribution in [0.15, 0.2) is 24.4 Å². The fraction of sp³-hybridized carbons (Fsp3) is 0.357. The maximum Gasteiger partial charge on any atom is 0.231 e. The molecule has 0 spiro atoms. The predicted molar refractivity (Wildman–Crippen MR) is 65.0 cm³/mol. The van der Waals surface area contributed by atoms with E-state index in [0.29, 0.717) is 12.3 Å². The normalized spacial score (nSPS) is 19.4. The third-order valence-electron chi connectivity index (χ3n) is 3.63. The van der Waals surface area contributed by atoms with Crippen LogP contribution in [0.4, 0.5) is 0 Å². The van der Waals surface area contributed by atoms with E-state index in [1.807, 2.05) is 10.8 Å². The molecule has 3 rings (SSSR count). The Morgan fingerprint density at radius 1 is 1.38 bits per heavy atom. The van der Waals surface area contributed by atoms with Crippen molar-refractivity contribution in [3.8, 4) is 0 Å². The van der Waals surface area contributed by atoms with Gasteiger partial charge in [-0.2, -0.15) is 0 Å². The molecule has 2 nitrogen and oxygen atoms in total. The number of hydrogen-bond acceptors (Lipinski definition) is 1. The van der Waals surface area contributed by atoms with E-state index in [9.17, 15) is 4.79 Å². The van der Waals surface area contributed by atoms with Gasteiger partial charge in [-0.1, -0.05) is 26.0 Å². The molecule has 0 aliphatic carbocycles. The van der Waals surface area contributed by atoms with Gasteiger partial charge < -0.3 is 0 Å². The Bertz CT molecular complexity index is 580. The summed E-state index contributed by atoms with van der Waals surface area (Å²) >= 11 is 0. The van der Waals surface area contributed by atoms with Crippen LogP contribution in [0.3, 0.4) is 0 Å². The van der Waals surface area contributed by atoms with E-state index >= 15 is 0 Å².